The van der Waals surface area contributed by atoms with Gasteiger partial charge < -0.3 is 19.9 Å². The van der Waals surface area contributed by atoms with Crippen molar-refractivity contribution in [3.8, 4) is 0 Å². The maximum absolute atomic E-state index is 14.3. The highest BCUT2D eigenvalue weighted by Gasteiger charge is 2.36. The molecule has 0 radical (unpaired) electrons. The van der Waals surface area contributed by atoms with Crippen LogP contribution in [0.25, 0.3) is 0 Å². The molecule has 1 aromatic carbocycles. The molecule has 2 aromatic rings. The van der Waals surface area contributed by atoms with Crippen LogP contribution in [0.3, 0.4) is 0 Å². The number of hydrogen-bond donors (Lipinski definition) is 2. The van der Waals surface area contributed by atoms with Gasteiger partial charge in [-0.15, -0.1) is 0 Å². The van der Waals surface area contributed by atoms with Gasteiger partial charge in [0.15, 0.2) is 0 Å². The molecule has 3 atom stereocenters. The number of carbonyl (C=O) groups is 1. The first-order chi connectivity index (χ1) is 18.6. The molecule has 5 rings (SSSR count). The van der Waals surface area contributed by atoms with E-state index >= 15 is 0 Å². The van der Waals surface area contributed by atoms with E-state index < -0.39 is 17.8 Å². The van der Waals surface area contributed by atoms with Gasteiger partial charge in [-0.1, -0.05) is 25.0 Å². The van der Waals surface area contributed by atoms with E-state index in [9.17, 15) is 14.3 Å². The van der Waals surface area contributed by atoms with Crippen LogP contribution < -0.4 is 5.32 Å². The first-order valence-electron chi connectivity index (χ1n) is 14.3. The first kappa shape index (κ1) is 27.0. The number of likely N-dealkylation sites (tertiary alicyclic amines) is 1. The van der Waals surface area contributed by atoms with Gasteiger partial charge in [-0.05, 0) is 86.3 Å². The summed E-state index contributed by atoms with van der Waals surface area (Å²) in [5.41, 5.74) is 3.73. The SMILES string of the molecule is O=C(O)[C@H](c1cc(F)ccc1[C@@H]1CCCCCO1)N1CC[C@@H](OCCCCc2ccc3c(n2)NCCC3)C1.[HH]. The summed E-state index contributed by atoms with van der Waals surface area (Å²) in [7, 11) is 0. The van der Waals surface area contributed by atoms with Gasteiger partial charge in [0.05, 0.1) is 12.2 Å². The molecule has 0 bridgehead atoms. The number of fused-ring (bicyclic) bond motifs is 1. The molecule has 4 heterocycles. The van der Waals surface area contributed by atoms with Crippen molar-refractivity contribution in [3.05, 3.63) is 58.5 Å². The summed E-state index contributed by atoms with van der Waals surface area (Å²) in [6, 6.07) is 7.93. The van der Waals surface area contributed by atoms with Gasteiger partial charge in [-0.3, -0.25) is 9.69 Å². The number of carboxylic acid groups (broad SMARTS) is 1. The minimum absolute atomic E-state index is 0. The third-order valence-electron chi connectivity index (χ3n) is 8.03. The fourth-order valence-electron chi connectivity index (χ4n) is 6.02. The molecule has 0 spiro atoms. The molecule has 0 saturated carbocycles. The van der Waals surface area contributed by atoms with E-state index in [1.807, 2.05) is 4.90 Å². The molecule has 2 saturated heterocycles. The van der Waals surface area contributed by atoms with Crippen LogP contribution in [0, 0.1) is 5.82 Å². The Kier molecular flexibility index (Phi) is 9.25. The number of rotatable bonds is 10. The molecule has 2 fully saturated rings. The average Bonchev–Trinajstić information content (AvgIpc) is 3.20. The summed E-state index contributed by atoms with van der Waals surface area (Å²) in [6.45, 7) is 3.41. The van der Waals surface area contributed by atoms with Crippen LogP contribution in [0.5, 0.6) is 0 Å². The summed E-state index contributed by atoms with van der Waals surface area (Å²) in [5, 5.41) is 13.6. The highest BCUT2D eigenvalue weighted by atomic mass is 19.1. The van der Waals surface area contributed by atoms with Crippen LogP contribution in [0.15, 0.2) is 30.3 Å². The van der Waals surface area contributed by atoms with Crippen LogP contribution in [0.2, 0.25) is 0 Å². The Balaban J connectivity index is 0.00000353. The number of halogens is 1. The quantitative estimate of drug-likeness (QED) is 0.384. The lowest BCUT2D eigenvalue weighted by atomic mass is 9.93. The minimum Gasteiger partial charge on any atom is -0.480 e. The van der Waals surface area contributed by atoms with Crippen molar-refractivity contribution in [1.29, 1.82) is 0 Å². The fourth-order valence-corrected chi connectivity index (χ4v) is 6.02. The summed E-state index contributed by atoms with van der Waals surface area (Å²) >= 11 is 0. The molecule has 38 heavy (non-hydrogen) atoms. The van der Waals surface area contributed by atoms with Crippen LogP contribution >= 0.6 is 0 Å². The number of aromatic nitrogens is 1. The molecular weight excluding hydrogens is 485 g/mol. The Bertz CT molecular complexity index is 1100. The number of carboxylic acids is 1. The van der Waals surface area contributed by atoms with E-state index in [1.54, 1.807) is 6.07 Å². The van der Waals surface area contributed by atoms with Gasteiger partial charge in [0, 0.05) is 40.0 Å². The van der Waals surface area contributed by atoms with Gasteiger partial charge in [0.1, 0.15) is 17.7 Å². The van der Waals surface area contributed by atoms with E-state index in [0.717, 1.165) is 87.8 Å². The number of ether oxygens (including phenoxy) is 2. The van der Waals surface area contributed by atoms with Gasteiger partial charge in [0.25, 0.3) is 0 Å². The lowest BCUT2D eigenvalue weighted by Gasteiger charge is -2.28. The van der Waals surface area contributed by atoms with Gasteiger partial charge in [-0.25, -0.2) is 9.37 Å². The molecule has 208 valence electrons. The number of aliphatic carboxylic acids is 1. The summed E-state index contributed by atoms with van der Waals surface area (Å²) in [6.07, 6.45) is 9.62. The zero-order valence-corrected chi connectivity index (χ0v) is 22.2. The molecule has 1 aromatic heterocycles. The molecule has 0 unspecified atom stereocenters. The van der Waals surface area contributed by atoms with Crippen molar-refractivity contribution >= 4 is 11.8 Å². The van der Waals surface area contributed by atoms with Gasteiger partial charge in [-0.2, -0.15) is 0 Å². The standard InChI is InChI=1S/C30H40FN3O4.H2/c31-22-11-13-25(27-9-2-1-4-18-38-27)26(19-22)28(30(35)36)34-16-14-24(20-34)37-17-5-3-8-23-12-10-21-7-6-15-32-29(21)33-23;/h10-13,19,24,27-28H,1-9,14-18,20H2,(H,32,33)(H,35,36);1H/t24-,27+,28+;/m1./s1. The zero-order chi connectivity index (χ0) is 26.3. The van der Waals surface area contributed by atoms with E-state index in [4.69, 9.17) is 14.5 Å². The Morgan fingerprint density at radius 2 is 2.13 bits per heavy atom. The van der Waals surface area contributed by atoms with Crippen LogP contribution in [0.1, 0.15) is 87.3 Å². The zero-order valence-electron chi connectivity index (χ0n) is 22.2. The molecular formula is C30H42FN3O4. The first-order valence-corrected chi connectivity index (χ1v) is 14.3. The largest absolute Gasteiger partial charge is 0.480 e. The van der Waals surface area contributed by atoms with Crippen LogP contribution in [-0.4, -0.2) is 59.9 Å². The molecule has 2 N–H and O–H groups in total. The Labute approximate surface area is 226 Å². The summed E-state index contributed by atoms with van der Waals surface area (Å²) in [4.78, 5) is 19.2. The average molecular weight is 528 g/mol. The van der Waals surface area contributed by atoms with Crippen LogP contribution in [-0.2, 0) is 27.1 Å². The number of aryl methyl sites for hydroxylation is 2. The van der Waals surface area contributed by atoms with E-state index in [0.29, 0.717) is 31.9 Å². The van der Waals surface area contributed by atoms with Crippen molar-refractivity contribution in [2.45, 2.75) is 82.5 Å². The predicted octanol–water partition coefficient (Wildman–Crippen LogP) is 5.70. The molecule has 8 heteroatoms. The van der Waals surface area contributed by atoms with E-state index in [-0.39, 0.29) is 13.6 Å². The van der Waals surface area contributed by atoms with Crippen molar-refractivity contribution in [2.75, 3.05) is 38.2 Å². The number of unbranched alkanes of at least 4 members (excludes halogenated alkanes) is 1. The number of anilines is 1. The molecule has 3 aliphatic rings. The number of benzene rings is 1. The predicted molar refractivity (Wildman–Crippen MR) is 146 cm³/mol. The topological polar surface area (TPSA) is 83.9 Å². The Hall–Kier alpha value is -2.55. The number of hydrogen-bond acceptors (Lipinski definition) is 6. The smallest absolute Gasteiger partial charge is 0.325 e. The maximum Gasteiger partial charge on any atom is 0.325 e. The monoisotopic (exact) mass is 527 g/mol. The van der Waals surface area contributed by atoms with E-state index in [2.05, 4.69) is 17.4 Å². The van der Waals surface area contributed by atoms with Crippen molar-refractivity contribution in [3.63, 3.8) is 0 Å². The van der Waals surface area contributed by atoms with Crippen molar-refractivity contribution < 1.29 is 25.2 Å². The third kappa shape index (κ3) is 6.71. The Morgan fingerprint density at radius 3 is 3.03 bits per heavy atom. The van der Waals surface area contributed by atoms with Crippen molar-refractivity contribution in [2.24, 2.45) is 0 Å². The fraction of sp³-hybridized carbons (Fsp3) is 0.600. The maximum atomic E-state index is 14.3. The molecule has 7 nitrogen and oxygen atoms in total. The van der Waals surface area contributed by atoms with Crippen molar-refractivity contribution in [1.82, 2.24) is 9.88 Å². The van der Waals surface area contributed by atoms with Gasteiger partial charge >= 0.3 is 5.97 Å². The lowest BCUT2D eigenvalue weighted by Crippen LogP contribution is -2.34. The molecule has 0 amide bonds. The number of nitrogens with zero attached hydrogens (tertiary/aromatic N) is 2. The Morgan fingerprint density at radius 1 is 1.21 bits per heavy atom. The summed E-state index contributed by atoms with van der Waals surface area (Å²) in [5.74, 6) is -0.339. The number of nitrogens with one attached hydrogen (secondary N) is 1. The van der Waals surface area contributed by atoms with E-state index in [1.165, 1.54) is 17.7 Å². The highest BCUT2D eigenvalue weighted by Crippen LogP contribution is 2.36. The molecule has 3 aliphatic heterocycles. The second-order valence-electron chi connectivity index (χ2n) is 10.8. The highest BCUT2D eigenvalue weighted by molar-refractivity contribution is 5.76. The second kappa shape index (κ2) is 13.0. The normalized spacial score (nSPS) is 22.9. The molecule has 0 aliphatic carbocycles. The second-order valence-corrected chi connectivity index (χ2v) is 10.8. The summed E-state index contributed by atoms with van der Waals surface area (Å²) < 4.78 is 26.5. The van der Waals surface area contributed by atoms with Gasteiger partial charge in [0.2, 0.25) is 0 Å². The number of pyridine rings is 1. The third-order valence-corrected chi connectivity index (χ3v) is 8.03. The lowest BCUT2D eigenvalue weighted by molar-refractivity contribution is -0.143. The van der Waals surface area contributed by atoms with Crippen LogP contribution in [0.4, 0.5) is 10.2 Å². The minimum atomic E-state index is -0.960.